The van der Waals surface area contributed by atoms with Gasteiger partial charge in [0.1, 0.15) is 0 Å². The summed E-state index contributed by atoms with van der Waals surface area (Å²) in [6.07, 6.45) is 1.52. The topological polar surface area (TPSA) is 78.8 Å². The number of amides is 1. The molecule has 2 aromatic rings. The average Bonchev–Trinajstić information content (AvgIpc) is 2.68. The maximum absolute atomic E-state index is 12.6. The molecule has 0 spiro atoms. The first-order valence-electron chi connectivity index (χ1n) is 8.87. The van der Waals surface area contributed by atoms with Crippen molar-refractivity contribution in [2.45, 2.75) is 26.3 Å². The Hall–Kier alpha value is -2.48. The minimum Gasteiger partial charge on any atom is -0.493 e. The van der Waals surface area contributed by atoms with Crippen molar-refractivity contribution in [3.8, 4) is 17.2 Å². The second-order valence-electron chi connectivity index (χ2n) is 6.13. The SMILES string of the molecule is COc1cc(C(=O)NCCCCn2c(C)cccc2=O)c(Br)c(OC)c1OC. The number of nitrogens with zero attached hydrogens (tertiary/aromatic N) is 1. The molecule has 152 valence electrons. The molecule has 0 fully saturated rings. The molecule has 7 nitrogen and oxygen atoms in total. The number of halogens is 1. The summed E-state index contributed by atoms with van der Waals surface area (Å²) in [5.41, 5.74) is 1.31. The first-order valence-corrected chi connectivity index (χ1v) is 9.67. The van der Waals surface area contributed by atoms with Gasteiger partial charge in [-0.2, -0.15) is 0 Å². The van der Waals surface area contributed by atoms with Crippen molar-refractivity contribution in [3.63, 3.8) is 0 Å². The lowest BCUT2D eigenvalue weighted by molar-refractivity contribution is 0.0951. The smallest absolute Gasteiger partial charge is 0.252 e. The summed E-state index contributed by atoms with van der Waals surface area (Å²) in [6.45, 7) is 3.02. The Kier molecular flexibility index (Phi) is 7.92. The van der Waals surface area contributed by atoms with Crippen LogP contribution in [0.15, 0.2) is 33.5 Å². The lowest BCUT2D eigenvalue weighted by Gasteiger charge is -2.16. The number of pyridine rings is 1. The summed E-state index contributed by atoms with van der Waals surface area (Å²) in [6, 6.07) is 6.82. The van der Waals surface area contributed by atoms with E-state index in [0.29, 0.717) is 40.4 Å². The van der Waals surface area contributed by atoms with Crippen LogP contribution in [0, 0.1) is 6.92 Å². The van der Waals surface area contributed by atoms with Gasteiger partial charge >= 0.3 is 0 Å². The van der Waals surface area contributed by atoms with Gasteiger partial charge < -0.3 is 24.1 Å². The normalized spacial score (nSPS) is 10.5. The van der Waals surface area contributed by atoms with Gasteiger partial charge in [0, 0.05) is 24.8 Å². The molecule has 1 aromatic heterocycles. The van der Waals surface area contributed by atoms with E-state index in [1.165, 1.54) is 21.3 Å². The highest BCUT2D eigenvalue weighted by atomic mass is 79.9. The van der Waals surface area contributed by atoms with Crippen molar-refractivity contribution in [2.75, 3.05) is 27.9 Å². The molecule has 1 aromatic carbocycles. The summed E-state index contributed by atoms with van der Waals surface area (Å²) in [5.74, 6) is 0.967. The number of rotatable bonds is 9. The van der Waals surface area contributed by atoms with Gasteiger partial charge in [-0.1, -0.05) is 6.07 Å². The van der Waals surface area contributed by atoms with Crippen molar-refractivity contribution in [2.24, 2.45) is 0 Å². The van der Waals surface area contributed by atoms with Gasteiger partial charge in [-0.05, 0) is 47.8 Å². The Morgan fingerprint density at radius 1 is 1.11 bits per heavy atom. The van der Waals surface area contributed by atoms with Crippen LogP contribution in [0.4, 0.5) is 0 Å². The van der Waals surface area contributed by atoms with E-state index in [9.17, 15) is 9.59 Å². The summed E-state index contributed by atoms with van der Waals surface area (Å²) in [5, 5.41) is 2.89. The number of carbonyl (C=O) groups is 1. The van der Waals surface area contributed by atoms with E-state index in [1.54, 1.807) is 22.8 Å². The Labute approximate surface area is 172 Å². The van der Waals surface area contributed by atoms with Gasteiger partial charge in [0.25, 0.3) is 11.5 Å². The number of benzene rings is 1. The average molecular weight is 453 g/mol. The second kappa shape index (κ2) is 10.2. The molecule has 0 aliphatic carbocycles. The van der Waals surface area contributed by atoms with E-state index in [-0.39, 0.29) is 11.5 Å². The van der Waals surface area contributed by atoms with E-state index < -0.39 is 0 Å². The molecule has 0 saturated carbocycles. The molecule has 2 rings (SSSR count). The largest absolute Gasteiger partial charge is 0.493 e. The fourth-order valence-corrected chi connectivity index (χ4v) is 3.52. The minimum absolute atomic E-state index is 0.00890. The van der Waals surface area contributed by atoms with E-state index in [1.807, 2.05) is 13.0 Å². The predicted molar refractivity (Wildman–Crippen MR) is 111 cm³/mol. The molecule has 0 atom stereocenters. The first kappa shape index (κ1) is 21.8. The molecule has 8 heteroatoms. The number of methoxy groups -OCH3 is 3. The Balaban J connectivity index is 1.99. The Morgan fingerprint density at radius 2 is 1.82 bits per heavy atom. The van der Waals surface area contributed by atoms with Crippen LogP contribution in [0.5, 0.6) is 17.2 Å². The van der Waals surface area contributed by atoms with Gasteiger partial charge in [0.15, 0.2) is 11.5 Å². The molecule has 1 heterocycles. The van der Waals surface area contributed by atoms with Crippen LogP contribution in [0.3, 0.4) is 0 Å². The van der Waals surface area contributed by atoms with Crippen LogP contribution in [0.1, 0.15) is 28.9 Å². The molecule has 28 heavy (non-hydrogen) atoms. The molecule has 0 unspecified atom stereocenters. The second-order valence-corrected chi connectivity index (χ2v) is 6.92. The third kappa shape index (κ3) is 4.86. The highest BCUT2D eigenvalue weighted by molar-refractivity contribution is 9.10. The maximum Gasteiger partial charge on any atom is 0.252 e. The summed E-state index contributed by atoms with van der Waals surface area (Å²) in [7, 11) is 4.50. The highest BCUT2D eigenvalue weighted by Crippen LogP contribution is 2.44. The molecule has 0 bridgehead atoms. The fourth-order valence-electron chi connectivity index (χ4n) is 2.89. The van der Waals surface area contributed by atoms with E-state index in [0.717, 1.165) is 18.5 Å². The number of nitrogens with one attached hydrogen (secondary N) is 1. The number of hydrogen-bond acceptors (Lipinski definition) is 5. The van der Waals surface area contributed by atoms with Gasteiger partial charge in [-0.3, -0.25) is 9.59 Å². The summed E-state index contributed by atoms with van der Waals surface area (Å²) in [4.78, 5) is 24.5. The molecular formula is C20H25BrN2O5. The highest BCUT2D eigenvalue weighted by Gasteiger charge is 2.22. The van der Waals surface area contributed by atoms with Crippen LogP contribution >= 0.6 is 15.9 Å². The zero-order valence-corrected chi connectivity index (χ0v) is 18.1. The molecular weight excluding hydrogens is 428 g/mol. The van der Waals surface area contributed by atoms with Crippen LogP contribution in [0.25, 0.3) is 0 Å². The molecule has 0 radical (unpaired) electrons. The zero-order valence-electron chi connectivity index (χ0n) is 16.5. The predicted octanol–water partition coefficient (Wildman–Crippen LogP) is 3.16. The summed E-state index contributed by atoms with van der Waals surface area (Å²) >= 11 is 3.41. The number of aromatic nitrogens is 1. The number of carbonyl (C=O) groups excluding carboxylic acids is 1. The molecule has 0 aliphatic heterocycles. The maximum atomic E-state index is 12.6. The number of aryl methyl sites for hydroxylation is 1. The number of unbranched alkanes of at least 4 members (excludes halogenated alkanes) is 1. The lowest BCUT2D eigenvalue weighted by Crippen LogP contribution is -2.26. The van der Waals surface area contributed by atoms with E-state index in [2.05, 4.69) is 21.2 Å². The number of ether oxygens (including phenoxy) is 3. The van der Waals surface area contributed by atoms with Crippen LogP contribution in [0.2, 0.25) is 0 Å². The standard InChI is InChI=1S/C20H25BrN2O5/c1-13-8-7-9-16(24)23(13)11-6-5-10-22-20(25)14-12-15(26-2)18(27-3)19(28-4)17(14)21/h7-9,12H,5-6,10-11H2,1-4H3,(H,22,25). The monoisotopic (exact) mass is 452 g/mol. The first-order chi connectivity index (χ1) is 13.4. The number of hydrogen-bond donors (Lipinski definition) is 1. The third-order valence-corrected chi connectivity index (χ3v) is 5.16. The quantitative estimate of drug-likeness (QED) is 0.591. The van der Waals surface area contributed by atoms with Gasteiger partial charge in [-0.25, -0.2) is 0 Å². The van der Waals surface area contributed by atoms with Crippen molar-refractivity contribution >= 4 is 21.8 Å². The lowest BCUT2D eigenvalue weighted by atomic mass is 10.1. The van der Waals surface area contributed by atoms with Gasteiger partial charge in [-0.15, -0.1) is 0 Å². The van der Waals surface area contributed by atoms with Crippen LogP contribution in [-0.2, 0) is 6.54 Å². The van der Waals surface area contributed by atoms with Crippen molar-refractivity contribution in [3.05, 3.63) is 50.3 Å². The molecule has 1 N–H and O–H groups in total. The molecule has 0 aliphatic rings. The van der Waals surface area contributed by atoms with Crippen molar-refractivity contribution < 1.29 is 19.0 Å². The van der Waals surface area contributed by atoms with Gasteiger partial charge in [0.05, 0.1) is 31.4 Å². The van der Waals surface area contributed by atoms with Crippen molar-refractivity contribution in [1.82, 2.24) is 9.88 Å². The van der Waals surface area contributed by atoms with Gasteiger partial charge in [0.2, 0.25) is 5.75 Å². The third-order valence-electron chi connectivity index (χ3n) is 4.38. The Bertz CT molecular complexity index is 895. The Morgan fingerprint density at radius 3 is 2.43 bits per heavy atom. The zero-order chi connectivity index (χ0) is 20.7. The molecule has 1 amide bonds. The van der Waals surface area contributed by atoms with Crippen LogP contribution < -0.4 is 25.1 Å². The molecule has 0 saturated heterocycles. The van der Waals surface area contributed by atoms with E-state index in [4.69, 9.17) is 14.2 Å². The van der Waals surface area contributed by atoms with Crippen molar-refractivity contribution in [1.29, 1.82) is 0 Å². The van der Waals surface area contributed by atoms with Crippen LogP contribution in [-0.4, -0.2) is 38.3 Å². The minimum atomic E-state index is -0.251. The van der Waals surface area contributed by atoms with E-state index >= 15 is 0 Å². The summed E-state index contributed by atoms with van der Waals surface area (Å²) < 4.78 is 18.2. The fraction of sp³-hybridized carbons (Fsp3) is 0.400.